The lowest BCUT2D eigenvalue weighted by Gasteiger charge is -2.20. The van der Waals surface area contributed by atoms with Crippen LogP contribution in [0.2, 0.25) is 0 Å². The van der Waals surface area contributed by atoms with Crippen molar-refractivity contribution in [2.75, 3.05) is 26.3 Å². The van der Waals surface area contributed by atoms with E-state index < -0.39 is 11.9 Å². The van der Waals surface area contributed by atoms with Crippen LogP contribution in [0.15, 0.2) is 10.6 Å². The molecule has 0 radical (unpaired) electrons. The molecule has 2 heterocycles. The smallest absolute Gasteiger partial charge is 0.310 e. The van der Waals surface area contributed by atoms with Crippen molar-refractivity contribution in [3.8, 4) is 0 Å². The molecule has 1 unspecified atom stereocenters. The number of nitrogens with zero attached hydrogens (tertiary/aromatic N) is 2. The molecule has 0 bridgehead atoms. The van der Waals surface area contributed by atoms with Crippen LogP contribution in [0, 0.1) is 5.92 Å². The first kappa shape index (κ1) is 15.5. The van der Waals surface area contributed by atoms with Crippen molar-refractivity contribution < 1.29 is 19.2 Å². The SMILES string of the molecule is O=C(O)C1COCCN(Cc2cc(C3CCCCC3)no2)C1. The Balaban J connectivity index is 1.60. The van der Waals surface area contributed by atoms with Crippen LogP contribution in [-0.4, -0.2) is 47.4 Å². The zero-order valence-electron chi connectivity index (χ0n) is 12.9. The molecule has 1 aromatic rings. The van der Waals surface area contributed by atoms with Crippen LogP contribution in [0.4, 0.5) is 0 Å². The van der Waals surface area contributed by atoms with Crippen LogP contribution in [0.25, 0.3) is 0 Å². The Labute approximate surface area is 130 Å². The van der Waals surface area contributed by atoms with Gasteiger partial charge in [0, 0.05) is 25.1 Å². The lowest BCUT2D eigenvalue weighted by molar-refractivity contribution is -0.143. The third-order valence-electron chi connectivity index (χ3n) is 4.68. The topological polar surface area (TPSA) is 75.8 Å². The number of rotatable bonds is 4. The van der Waals surface area contributed by atoms with Crippen LogP contribution in [0.1, 0.15) is 49.5 Å². The summed E-state index contributed by atoms with van der Waals surface area (Å²) in [5, 5.41) is 13.4. The summed E-state index contributed by atoms with van der Waals surface area (Å²) >= 11 is 0. The Morgan fingerprint density at radius 1 is 1.36 bits per heavy atom. The molecule has 1 saturated carbocycles. The van der Waals surface area contributed by atoms with E-state index in [0.717, 1.165) is 18.0 Å². The molecule has 6 nitrogen and oxygen atoms in total. The number of hydrogen-bond donors (Lipinski definition) is 1. The fraction of sp³-hybridized carbons (Fsp3) is 0.750. The second-order valence-electron chi connectivity index (χ2n) is 6.40. The van der Waals surface area contributed by atoms with E-state index >= 15 is 0 Å². The van der Waals surface area contributed by atoms with Crippen molar-refractivity contribution in [2.45, 2.75) is 44.6 Å². The average Bonchev–Trinajstić information content (AvgIpc) is 2.86. The minimum atomic E-state index is -0.799. The lowest BCUT2D eigenvalue weighted by Crippen LogP contribution is -2.33. The number of aliphatic carboxylic acids is 1. The highest BCUT2D eigenvalue weighted by Crippen LogP contribution is 2.32. The van der Waals surface area contributed by atoms with E-state index in [-0.39, 0.29) is 6.61 Å². The highest BCUT2D eigenvalue weighted by Gasteiger charge is 2.26. The highest BCUT2D eigenvalue weighted by atomic mass is 16.5. The summed E-state index contributed by atoms with van der Waals surface area (Å²) in [6, 6.07) is 2.05. The van der Waals surface area contributed by atoms with Crippen LogP contribution in [0.5, 0.6) is 0 Å². The molecule has 22 heavy (non-hydrogen) atoms. The number of aromatic nitrogens is 1. The van der Waals surface area contributed by atoms with Crippen molar-refractivity contribution >= 4 is 5.97 Å². The van der Waals surface area contributed by atoms with Gasteiger partial charge in [0.15, 0.2) is 5.76 Å². The molecule has 122 valence electrons. The fourth-order valence-corrected chi connectivity index (χ4v) is 3.38. The summed E-state index contributed by atoms with van der Waals surface area (Å²) < 4.78 is 10.8. The summed E-state index contributed by atoms with van der Waals surface area (Å²) in [5.41, 5.74) is 1.07. The largest absolute Gasteiger partial charge is 0.481 e. The Kier molecular flexibility index (Phi) is 5.10. The van der Waals surface area contributed by atoms with E-state index in [2.05, 4.69) is 16.1 Å². The van der Waals surface area contributed by atoms with E-state index in [9.17, 15) is 9.90 Å². The molecular weight excluding hydrogens is 284 g/mol. The van der Waals surface area contributed by atoms with Crippen LogP contribution in [0.3, 0.4) is 0 Å². The second-order valence-corrected chi connectivity index (χ2v) is 6.40. The van der Waals surface area contributed by atoms with Crippen molar-refractivity contribution in [2.24, 2.45) is 5.92 Å². The van der Waals surface area contributed by atoms with E-state index in [1.807, 2.05) is 0 Å². The Hall–Kier alpha value is -1.40. The van der Waals surface area contributed by atoms with Gasteiger partial charge in [-0.25, -0.2) is 0 Å². The molecule has 1 N–H and O–H groups in total. The standard InChI is InChI=1S/C16H24N2O4/c19-16(20)13-9-18(6-7-21-11-13)10-14-8-15(17-22-14)12-4-2-1-3-5-12/h8,12-13H,1-7,9-11H2,(H,19,20). The van der Waals surface area contributed by atoms with Gasteiger partial charge in [0.05, 0.1) is 31.4 Å². The van der Waals surface area contributed by atoms with Gasteiger partial charge in [-0.2, -0.15) is 0 Å². The van der Waals surface area contributed by atoms with Crippen LogP contribution >= 0.6 is 0 Å². The molecule has 3 rings (SSSR count). The van der Waals surface area contributed by atoms with Gasteiger partial charge in [-0.1, -0.05) is 24.4 Å². The average molecular weight is 308 g/mol. The van der Waals surface area contributed by atoms with Gasteiger partial charge < -0.3 is 14.4 Å². The molecule has 1 aromatic heterocycles. The first-order valence-corrected chi connectivity index (χ1v) is 8.21. The summed E-state index contributed by atoms with van der Waals surface area (Å²) in [5.74, 6) is 0.0905. The molecule has 2 fully saturated rings. The van der Waals surface area contributed by atoms with Gasteiger partial charge in [-0.05, 0) is 12.8 Å². The van der Waals surface area contributed by atoms with Gasteiger partial charge in [0.1, 0.15) is 0 Å². The maximum atomic E-state index is 11.2. The van der Waals surface area contributed by atoms with E-state index in [4.69, 9.17) is 9.26 Å². The molecule has 1 saturated heterocycles. The lowest BCUT2D eigenvalue weighted by atomic mass is 9.87. The van der Waals surface area contributed by atoms with Gasteiger partial charge >= 0.3 is 5.97 Å². The predicted molar refractivity (Wildman–Crippen MR) is 79.6 cm³/mol. The molecular formula is C16H24N2O4. The summed E-state index contributed by atoms with van der Waals surface area (Å²) in [6.07, 6.45) is 6.27. The Bertz CT molecular complexity index is 496. The molecule has 0 spiro atoms. The number of carboxylic acid groups (broad SMARTS) is 1. The number of carboxylic acids is 1. The monoisotopic (exact) mass is 308 g/mol. The molecule has 0 aromatic carbocycles. The molecule has 1 atom stereocenters. The summed E-state index contributed by atoms with van der Waals surface area (Å²) in [4.78, 5) is 13.3. The normalized spacial score (nSPS) is 25.0. The van der Waals surface area contributed by atoms with Crippen molar-refractivity contribution in [1.82, 2.24) is 10.1 Å². The Morgan fingerprint density at radius 2 is 2.18 bits per heavy atom. The zero-order valence-corrected chi connectivity index (χ0v) is 12.9. The van der Waals surface area contributed by atoms with Crippen molar-refractivity contribution in [3.05, 3.63) is 17.5 Å². The minimum absolute atomic E-state index is 0.287. The molecule has 1 aliphatic carbocycles. The molecule has 1 aliphatic heterocycles. The second kappa shape index (κ2) is 7.24. The predicted octanol–water partition coefficient (Wildman–Crippen LogP) is 2.26. The van der Waals surface area contributed by atoms with Crippen molar-refractivity contribution in [1.29, 1.82) is 0 Å². The van der Waals surface area contributed by atoms with Gasteiger partial charge in [-0.15, -0.1) is 0 Å². The van der Waals surface area contributed by atoms with E-state index in [1.54, 1.807) is 0 Å². The maximum Gasteiger partial charge on any atom is 0.310 e. The van der Waals surface area contributed by atoms with Gasteiger partial charge in [-0.3, -0.25) is 9.69 Å². The molecule has 0 amide bonds. The highest BCUT2D eigenvalue weighted by molar-refractivity contribution is 5.70. The number of hydrogen-bond acceptors (Lipinski definition) is 5. The van der Waals surface area contributed by atoms with Gasteiger partial charge in [0.2, 0.25) is 0 Å². The zero-order chi connectivity index (χ0) is 15.4. The minimum Gasteiger partial charge on any atom is -0.481 e. The van der Waals surface area contributed by atoms with Crippen molar-refractivity contribution in [3.63, 3.8) is 0 Å². The summed E-state index contributed by atoms with van der Waals surface area (Å²) in [6.45, 7) is 2.67. The third kappa shape index (κ3) is 3.87. The fourth-order valence-electron chi connectivity index (χ4n) is 3.38. The molecule has 2 aliphatic rings. The number of ether oxygens (including phenoxy) is 1. The number of carbonyl (C=O) groups is 1. The van der Waals surface area contributed by atoms with Crippen LogP contribution < -0.4 is 0 Å². The molecule has 6 heteroatoms. The maximum absolute atomic E-state index is 11.2. The van der Waals surface area contributed by atoms with Crippen LogP contribution in [-0.2, 0) is 16.1 Å². The first-order valence-electron chi connectivity index (χ1n) is 8.21. The summed E-state index contributed by atoms with van der Waals surface area (Å²) in [7, 11) is 0. The Morgan fingerprint density at radius 3 is 2.95 bits per heavy atom. The quantitative estimate of drug-likeness (QED) is 0.919. The first-order chi connectivity index (χ1) is 10.7. The van der Waals surface area contributed by atoms with E-state index in [0.29, 0.717) is 25.6 Å². The van der Waals surface area contributed by atoms with Gasteiger partial charge in [0.25, 0.3) is 0 Å². The van der Waals surface area contributed by atoms with E-state index in [1.165, 1.54) is 32.1 Å². The third-order valence-corrected chi connectivity index (χ3v) is 4.68.